The summed E-state index contributed by atoms with van der Waals surface area (Å²) in [5.74, 6) is 1.76. The van der Waals surface area contributed by atoms with Crippen molar-refractivity contribution in [3.8, 4) is 33.8 Å². The van der Waals surface area contributed by atoms with Gasteiger partial charge in [0.1, 0.15) is 22.7 Å². The molecule has 3 heterocycles. The summed E-state index contributed by atoms with van der Waals surface area (Å²) in [7, 11) is 0. The molecular weight excluding hydrogens is 955 g/mol. The first-order chi connectivity index (χ1) is 38.1. The van der Waals surface area contributed by atoms with Crippen molar-refractivity contribution < 1.29 is 9.15 Å². The van der Waals surface area contributed by atoms with E-state index in [1.54, 1.807) is 0 Å². The van der Waals surface area contributed by atoms with E-state index in [2.05, 4.69) is 261 Å². The van der Waals surface area contributed by atoms with Crippen LogP contribution in [0, 0.1) is 0 Å². The third-order valence-electron chi connectivity index (χ3n) is 17.1. The van der Waals surface area contributed by atoms with Gasteiger partial charge in [0.05, 0.1) is 16.5 Å². The zero-order chi connectivity index (χ0) is 51.0. The summed E-state index contributed by atoms with van der Waals surface area (Å²) in [6.45, 7) is 4.45. The lowest BCUT2D eigenvalue weighted by atomic mass is 9.64. The highest BCUT2D eigenvalue weighted by atomic mass is 32.2. The molecule has 0 saturated carbocycles. The first-order valence-corrected chi connectivity index (χ1v) is 27.6. The van der Waals surface area contributed by atoms with Gasteiger partial charge in [0.25, 0.3) is 0 Å². The van der Waals surface area contributed by atoms with E-state index in [9.17, 15) is 0 Å². The predicted octanol–water partition coefficient (Wildman–Crippen LogP) is 19.9. The SMILES string of the molecule is C/C=C\C1=C(CC)C2(c3ccccc3Oc3ccc(N(c4ccc5c(c4)C4(c6ccccc6S5)c5ccccc5-c5ccccc54)c4ccc(-c5cccc6oc7ccccc7c56)c5ccccc45)cc32)c2ccccc21. The summed E-state index contributed by atoms with van der Waals surface area (Å²) in [4.78, 5) is 5.07. The number of furan rings is 1. The van der Waals surface area contributed by atoms with Gasteiger partial charge in [0.15, 0.2) is 0 Å². The van der Waals surface area contributed by atoms with Crippen LogP contribution < -0.4 is 9.64 Å². The quantitative estimate of drug-likeness (QED) is 0.166. The van der Waals surface area contributed by atoms with Crippen LogP contribution in [0.2, 0.25) is 0 Å². The number of rotatable bonds is 6. The van der Waals surface area contributed by atoms with E-state index in [0.29, 0.717) is 0 Å². The zero-order valence-electron chi connectivity index (χ0n) is 42.6. The molecule has 0 radical (unpaired) electrons. The third kappa shape index (κ3) is 5.94. The lowest BCUT2D eigenvalue weighted by Crippen LogP contribution is -2.33. The van der Waals surface area contributed by atoms with Crippen molar-refractivity contribution in [1.82, 2.24) is 0 Å². The fourth-order valence-corrected chi connectivity index (χ4v) is 15.5. The minimum atomic E-state index is -0.610. The largest absolute Gasteiger partial charge is 0.457 e. The van der Waals surface area contributed by atoms with Crippen LogP contribution in [-0.4, -0.2) is 0 Å². The first-order valence-electron chi connectivity index (χ1n) is 26.8. The Balaban J connectivity index is 0.995. The van der Waals surface area contributed by atoms with E-state index in [0.717, 1.165) is 84.4 Å². The molecule has 364 valence electrons. The molecule has 11 aromatic carbocycles. The fourth-order valence-electron chi connectivity index (χ4n) is 14.3. The fraction of sp³-hybridized carbons (Fsp3) is 0.0685. The normalized spacial score (nSPS) is 16.1. The summed E-state index contributed by atoms with van der Waals surface area (Å²) in [6, 6.07) is 87.8. The van der Waals surface area contributed by atoms with Crippen LogP contribution in [0.5, 0.6) is 11.5 Å². The Morgan fingerprint density at radius 3 is 1.77 bits per heavy atom. The van der Waals surface area contributed by atoms with Gasteiger partial charge in [-0.15, -0.1) is 0 Å². The van der Waals surface area contributed by atoms with E-state index < -0.39 is 10.8 Å². The average Bonchev–Trinajstić information content (AvgIpc) is 3.89. The zero-order valence-corrected chi connectivity index (χ0v) is 43.4. The molecule has 2 aliphatic carbocycles. The van der Waals surface area contributed by atoms with Gasteiger partial charge in [0, 0.05) is 48.5 Å². The molecule has 0 fully saturated rings. The standard InChI is InChI=1S/C73H49NO2S/c1-3-20-49-50-22-7-11-28-57(50)72(56(49)4-2)60-31-14-17-34-66(60)76-67-41-37-45(43-62(67)72)74(64-40-39-48(47-21-5-6-25-53(47)64)54-27-19-35-68-71(54)55-26-10-16-33-65(55)75-68)46-38-42-70-63(44-46)73(61-32-15-18-36-69(61)77-70)58-29-12-8-23-51(58)52-24-9-13-30-59(52)73/h3,5-44H,4H2,1-2H3/b20-3-. The molecule has 4 heteroatoms. The minimum Gasteiger partial charge on any atom is -0.457 e. The molecule has 0 bridgehead atoms. The van der Waals surface area contributed by atoms with Crippen LogP contribution in [-0.2, 0) is 10.8 Å². The van der Waals surface area contributed by atoms with Crippen LogP contribution in [0.1, 0.15) is 64.8 Å². The van der Waals surface area contributed by atoms with Gasteiger partial charge in [-0.25, -0.2) is 0 Å². The molecule has 4 aliphatic rings. The van der Waals surface area contributed by atoms with Crippen molar-refractivity contribution in [2.45, 2.75) is 40.9 Å². The minimum absolute atomic E-state index is 0.556. The topological polar surface area (TPSA) is 25.6 Å². The van der Waals surface area contributed by atoms with Gasteiger partial charge in [-0.05, 0) is 152 Å². The number of benzene rings is 11. The summed E-state index contributed by atoms with van der Waals surface area (Å²) in [5.41, 5.74) is 21.4. The van der Waals surface area contributed by atoms with E-state index in [1.165, 1.54) is 71.0 Å². The summed E-state index contributed by atoms with van der Waals surface area (Å²) in [6.07, 6.45) is 5.37. The van der Waals surface area contributed by atoms with E-state index in [1.807, 2.05) is 17.8 Å². The monoisotopic (exact) mass is 1000 g/mol. The van der Waals surface area contributed by atoms with Crippen molar-refractivity contribution >= 4 is 67.1 Å². The van der Waals surface area contributed by atoms with Crippen molar-refractivity contribution in [3.05, 3.63) is 299 Å². The van der Waals surface area contributed by atoms with Crippen LogP contribution >= 0.6 is 11.8 Å². The Hall–Kier alpha value is -9.09. The average molecular weight is 1000 g/mol. The molecule has 12 aromatic rings. The Morgan fingerprint density at radius 2 is 1.00 bits per heavy atom. The van der Waals surface area contributed by atoms with Gasteiger partial charge < -0.3 is 14.1 Å². The van der Waals surface area contributed by atoms with Gasteiger partial charge in [-0.1, -0.05) is 201 Å². The number of allylic oxidation sites excluding steroid dienone is 4. The Bertz CT molecular complexity index is 4510. The molecule has 2 aliphatic heterocycles. The molecule has 0 amide bonds. The number of para-hydroxylation sites is 2. The molecule has 2 spiro atoms. The van der Waals surface area contributed by atoms with Gasteiger partial charge in [0.2, 0.25) is 0 Å². The number of anilines is 3. The molecule has 1 aromatic heterocycles. The van der Waals surface area contributed by atoms with Gasteiger partial charge in [-0.2, -0.15) is 0 Å². The van der Waals surface area contributed by atoms with Crippen LogP contribution in [0.25, 0.3) is 60.5 Å². The maximum Gasteiger partial charge on any atom is 0.136 e. The first kappa shape index (κ1) is 44.2. The highest BCUT2D eigenvalue weighted by Crippen LogP contribution is 2.65. The smallest absolute Gasteiger partial charge is 0.136 e. The molecule has 1 unspecified atom stereocenters. The highest BCUT2D eigenvalue weighted by Gasteiger charge is 2.53. The lowest BCUT2D eigenvalue weighted by Gasteiger charge is -2.42. The van der Waals surface area contributed by atoms with E-state index in [4.69, 9.17) is 9.15 Å². The van der Waals surface area contributed by atoms with Gasteiger partial charge >= 0.3 is 0 Å². The Morgan fingerprint density at radius 1 is 0.429 bits per heavy atom. The van der Waals surface area contributed by atoms with Crippen LogP contribution in [0.3, 0.4) is 0 Å². The second kappa shape index (κ2) is 16.7. The summed E-state index contributed by atoms with van der Waals surface area (Å²) >= 11 is 1.88. The Labute approximate surface area is 452 Å². The van der Waals surface area contributed by atoms with Crippen molar-refractivity contribution in [2.75, 3.05) is 4.90 Å². The second-order valence-corrected chi connectivity index (χ2v) is 21.8. The Kier molecular flexibility index (Phi) is 9.60. The number of ether oxygens (including phenoxy) is 1. The van der Waals surface area contributed by atoms with Crippen LogP contribution in [0.4, 0.5) is 17.1 Å². The molecule has 1 atom stereocenters. The molecular formula is C73H49NO2S. The predicted molar refractivity (Wildman–Crippen MR) is 318 cm³/mol. The molecule has 0 saturated heterocycles. The van der Waals surface area contributed by atoms with Gasteiger partial charge in [-0.3, -0.25) is 0 Å². The maximum absolute atomic E-state index is 7.08. The third-order valence-corrected chi connectivity index (χ3v) is 18.3. The molecule has 3 nitrogen and oxygen atoms in total. The summed E-state index contributed by atoms with van der Waals surface area (Å²) in [5, 5.41) is 4.54. The van der Waals surface area contributed by atoms with E-state index in [-0.39, 0.29) is 0 Å². The van der Waals surface area contributed by atoms with E-state index >= 15 is 0 Å². The number of hydrogen-bond donors (Lipinski definition) is 0. The lowest BCUT2D eigenvalue weighted by molar-refractivity contribution is 0.432. The molecule has 77 heavy (non-hydrogen) atoms. The number of fused-ring (bicyclic) bond motifs is 19. The van der Waals surface area contributed by atoms with Crippen molar-refractivity contribution in [1.29, 1.82) is 0 Å². The maximum atomic E-state index is 7.08. The summed E-state index contributed by atoms with van der Waals surface area (Å²) < 4.78 is 13.6. The second-order valence-electron chi connectivity index (χ2n) is 20.7. The van der Waals surface area contributed by atoms with Crippen molar-refractivity contribution in [3.63, 3.8) is 0 Å². The molecule has 16 rings (SSSR count). The highest BCUT2D eigenvalue weighted by molar-refractivity contribution is 7.99. The number of hydrogen-bond acceptors (Lipinski definition) is 4. The number of nitrogens with zero attached hydrogens (tertiary/aromatic N) is 1. The van der Waals surface area contributed by atoms with Crippen molar-refractivity contribution in [2.24, 2.45) is 0 Å². The molecule has 0 N–H and O–H groups in total. The van der Waals surface area contributed by atoms with Crippen LogP contribution in [0.15, 0.2) is 269 Å².